The predicted molar refractivity (Wildman–Crippen MR) is 131 cm³/mol. The molecule has 1 atom stereocenters. The van der Waals surface area contributed by atoms with E-state index in [1.807, 2.05) is 23.0 Å². The smallest absolute Gasteiger partial charge is 0.139 e. The quantitative estimate of drug-likeness (QED) is 0.297. The van der Waals surface area contributed by atoms with Crippen LogP contribution in [-0.4, -0.2) is 29.4 Å². The standard InChI is InChI=1S/C25H32N4OSi/c1-18-11-19(13-23(26)24-14-20-7-5-6-8-21(20)15-27-24)12-22-16-29(28-25(18)22)17-30-9-10-31(2,3)4/h5-8,11-12,14-16,23H,9-10,13,17,26H2,1-4H3. The number of hydrogen-bond acceptors (Lipinski definition) is 4. The first-order valence-corrected chi connectivity index (χ1v) is 14.6. The predicted octanol–water partition coefficient (Wildman–Crippen LogP) is 5.45. The molecule has 0 bridgehead atoms. The van der Waals surface area contributed by atoms with Gasteiger partial charge >= 0.3 is 0 Å². The highest BCUT2D eigenvalue weighted by atomic mass is 28.3. The maximum absolute atomic E-state index is 6.53. The number of ether oxygens (including phenoxy) is 1. The number of hydrogen-bond donors (Lipinski definition) is 1. The van der Waals surface area contributed by atoms with E-state index in [1.54, 1.807) is 0 Å². The molecule has 6 heteroatoms. The van der Waals surface area contributed by atoms with Crippen LogP contribution in [0.5, 0.6) is 0 Å². The van der Waals surface area contributed by atoms with Crippen LogP contribution < -0.4 is 5.73 Å². The number of benzene rings is 2. The number of rotatable bonds is 8. The molecule has 2 aromatic heterocycles. The van der Waals surface area contributed by atoms with Crippen molar-refractivity contribution in [3.63, 3.8) is 0 Å². The van der Waals surface area contributed by atoms with E-state index >= 15 is 0 Å². The molecule has 0 saturated heterocycles. The van der Waals surface area contributed by atoms with Crippen LogP contribution in [0.15, 0.2) is 54.9 Å². The van der Waals surface area contributed by atoms with Gasteiger partial charge in [-0.05, 0) is 48.0 Å². The van der Waals surface area contributed by atoms with Gasteiger partial charge in [0.05, 0.1) is 17.3 Å². The summed E-state index contributed by atoms with van der Waals surface area (Å²) in [6, 6.07) is 15.7. The first-order chi connectivity index (χ1) is 14.8. The van der Waals surface area contributed by atoms with E-state index in [1.165, 1.54) is 10.9 Å². The van der Waals surface area contributed by atoms with Gasteiger partial charge in [-0.3, -0.25) is 4.98 Å². The second-order valence-electron chi connectivity index (χ2n) is 9.63. The van der Waals surface area contributed by atoms with Gasteiger partial charge < -0.3 is 10.5 Å². The van der Waals surface area contributed by atoms with Crippen LogP contribution in [0.25, 0.3) is 21.7 Å². The number of nitrogens with two attached hydrogens (primary N) is 1. The molecule has 4 rings (SSSR count). The van der Waals surface area contributed by atoms with Crippen LogP contribution in [0, 0.1) is 6.92 Å². The Kier molecular flexibility index (Phi) is 6.23. The second-order valence-corrected chi connectivity index (χ2v) is 15.3. The van der Waals surface area contributed by atoms with Gasteiger partial charge in [-0.15, -0.1) is 0 Å². The molecule has 0 saturated carbocycles. The molecule has 1 unspecified atom stereocenters. The molecule has 0 radical (unpaired) electrons. The van der Waals surface area contributed by atoms with Crippen LogP contribution in [0.3, 0.4) is 0 Å². The number of aryl methyl sites for hydroxylation is 1. The molecule has 0 aliphatic heterocycles. The fourth-order valence-corrected chi connectivity index (χ4v) is 4.58. The molecule has 0 amide bonds. The minimum atomic E-state index is -1.07. The largest absolute Gasteiger partial charge is 0.360 e. The Morgan fingerprint density at radius 3 is 2.61 bits per heavy atom. The van der Waals surface area contributed by atoms with Crippen molar-refractivity contribution in [2.45, 2.75) is 51.8 Å². The topological polar surface area (TPSA) is 66.0 Å². The van der Waals surface area contributed by atoms with E-state index in [4.69, 9.17) is 15.6 Å². The zero-order valence-corrected chi connectivity index (χ0v) is 19.9. The summed E-state index contributed by atoms with van der Waals surface area (Å²) in [5.74, 6) is 0. The Morgan fingerprint density at radius 2 is 1.84 bits per heavy atom. The molecule has 31 heavy (non-hydrogen) atoms. The van der Waals surface area contributed by atoms with E-state index in [-0.39, 0.29) is 6.04 Å². The van der Waals surface area contributed by atoms with Crippen molar-refractivity contribution in [1.82, 2.24) is 14.8 Å². The van der Waals surface area contributed by atoms with E-state index in [2.05, 4.69) is 68.1 Å². The molecule has 0 aliphatic rings. The van der Waals surface area contributed by atoms with Crippen molar-refractivity contribution in [3.8, 4) is 0 Å². The lowest BCUT2D eigenvalue weighted by Crippen LogP contribution is -2.22. The average molecular weight is 433 g/mol. The maximum atomic E-state index is 6.53. The number of aromatic nitrogens is 3. The fourth-order valence-electron chi connectivity index (χ4n) is 3.82. The van der Waals surface area contributed by atoms with E-state index < -0.39 is 8.07 Å². The number of fused-ring (bicyclic) bond motifs is 2. The third kappa shape index (κ3) is 5.39. The van der Waals surface area contributed by atoms with Gasteiger partial charge in [-0.1, -0.05) is 50.0 Å². The summed E-state index contributed by atoms with van der Waals surface area (Å²) >= 11 is 0. The lowest BCUT2D eigenvalue weighted by molar-refractivity contribution is 0.0791. The Balaban J connectivity index is 1.47. The van der Waals surface area contributed by atoms with Gasteiger partial charge in [0.2, 0.25) is 0 Å². The number of nitrogens with zero attached hydrogens (tertiary/aromatic N) is 3. The van der Waals surface area contributed by atoms with E-state index in [0.717, 1.165) is 46.6 Å². The summed E-state index contributed by atoms with van der Waals surface area (Å²) in [6.07, 6.45) is 4.71. The molecule has 0 aliphatic carbocycles. The van der Waals surface area contributed by atoms with Crippen molar-refractivity contribution < 1.29 is 4.74 Å². The SMILES string of the molecule is Cc1cc(CC(N)c2cc3ccccc3cn2)cc2cn(COCC[Si](C)(C)C)nc12. The second kappa shape index (κ2) is 8.90. The highest BCUT2D eigenvalue weighted by molar-refractivity contribution is 6.76. The van der Waals surface area contributed by atoms with Gasteiger partial charge in [-0.25, -0.2) is 4.68 Å². The average Bonchev–Trinajstić information content (AvgIpc) is 3.13. The van der Waals surface area contributed by atoms with Crippen molar-refractivity contribution in [1.29, 1.82) is 0 Å². The minimum Gasteiger partial charge on any atom is -0.360 e. The maximum Gasteiger partial charge on any atom is 0.139 e. The normalized spacial score (nSPS) is 13.2. The third-order valence-corrected chi connectivity index (χ3v) is 7.32. The highest BCUT2D eigenvalue weighted by Gasteiger charge is 2.14. The van der Waals surface area contributed by atoms with Crippen LogP contribution in [0.2, 0.25) is 25.7 Å². The molecule has 5 nitrogen and oxygen atoms in total. The van der Waals surface area contributed by atoms with Crippen molar-refractivity contribution in [2.24, 2.45) is 5.73 Å². The molecular formula is C25H32N4OSi. The first-order valence-electron chi connectivity index (χ1n) is 10.9. The third-order valence-electron chi connectivity index (χ3n) is 5.61. The molecule has 2 heterocycles. The van der Waals surface area contributed by atoms with Gasteiger partial charge in [0.1, 0.15) is 6.73 Å². The Labute approximate surface area is 185 Å². The monoisotopic (exact) mass is 432 g/mol. The lowest BCUT2D eigenvalue weighted by Gasteiger charge is -2.15. The van der Waals surface area contributed by atoms with Crippen LogP contribution in [0.4, 0.5) is 0 Å². The molecule has 4 aromatic rings. The summed E-state index contributed by atoms with van der Waals surface area (Å²) in [7, 11) is -1.07. The lowest BCUT2D eigenvalue weighted by atomic mass is 9.99. The summed E-state index contributed by atoms with van der Waals surface area (Å²) in [5.41, 5.74) is 10.8. The van der Waals surface area contributed by atoms with Crippen LogP contribution in [0.1, 0.15) is 22.9 Å². The van der Waals surface area contributed by atoms with Gasteiger partial charge in [0, 0.05) is 37.8 Å². The summed E-state index contributed by atoms with van der Waals surface area (Å²) in [6.45, 7) is 10.5. The Hall–Kier alpha value is -2.54. The van der Waals surface area contributed by atoms with Crippen LogP contribution >= 0.6 is 0 Å². The molecule has 162 valence electrons. The number of pyridine rings is 1. The van der Waals surface area contributed by atoms with Crippen molar-refractivity contribution in [2.75, 3.05) is 6.61 Å². The molecule has 0 spiro atoms. The Morgan fingerprint density at radius 1 is 1.06 bits per heavy atom. The first kappa shape index (κ1) is 21.7. The molecule has 2 aromatic carbocycles. The Bertz CT molecular complexity index is 1200. The van der Waals surface area contributed by atoms with Crippen molar-refractivity contribution in [3.05, 3.63) is 71.7 Å². The van der Waals surface area contributed by atoms with E-state index in [0.29, 0.717) is 6.73 Å². The zero-order valence-electron chi connectivity index (χ0n) is 18.9. The summed E-state index contributed by atoms with van der Waals surface area (Å²) < 4.78 is 7.76. The van der Waals surface area contributed by atoms with Gasteiger partial charge in [-0.2, -0.15) is 5.10 Å². The molecule has 0 fully saturated rings. The highest BCUT2D eigenvalue weighted by Crippen LogP contribution is 2.24. The zero-order chi connectivity index (χ0) is 22.0. The summed E-state index contributed by atoms with van der Waals surface area (Å²) in [5, 5.41) is 8.15. The van der Waals surface area contributed by atoms with Gasteiger partial charge in [0.15, 0.2) is 0 Å². The van der Waals surface area contributed by atoms with Crippen LogP contribution in [-0.2, 0) is 17.9 Å². The molecular weight excluding hydrogens is 400 g/mol. The fraction of sp³-hybridized carbons (Fsp3) is 0.360. The summed E-state index contributed by atoms with van der Waals surface area (Å²) in [4.78, 5) is 4.60. The molecule has 2 N–H and O–H groups in total. The minimum absolute atomic E-state index is 0.151. The van der Waals surface area contributed by atoms with Gasteiger partial charge in [0.25, 0.3) is 0 Å². The van der Waals surface area contributed by atoms with E-state index in [9.17, 15) is 0 Å². The van der Waals surface area contributed by atoms with Crippen molar-refractivity contribution >= 4 is 29.7 Å².